The molecular formula is C13H9BrN4O3. The Bertz CT molecular complexity index is 929. The van der Waals surface area contributed by atoms with Crippen LogP contribution < -0.4 is 5.56 Å². The van der Waals surface area contributed by atoms with Gasteiger partial charge in [-0.15, -0.1) is 0 Å². The number of aromatic nitrogens is 3. The van der Waals surface area contributed by atoms with Gasteiger partial charge in [-0.1, -0.05) is 27.0 Å². The molecule has 0 unspecified atom stereocenters. The van der Waals surface area contributed by atoms with Crippen molar-refractivity contribution in [1.29, 1.82) is 0 Å². The van der Waals surface area contributed by atoms with Crippen LogP contribution in [0.4, 0.5) is 5.95 Å². The minimum Gasteiger partial charge on any atom is -0.390 e. The number of fused-ring (bicyclic) bond motifs is 1. The van der Waals surface area contributed by atoms with E-state index >= 15 is 0 Å². The van der Waals surface area contributed by atoms with E-state index < -0.39 is 4.92 Å². The molecule has 0 aliphatic rings. The number of hydrogen-bond acceptors (Lipinski definition) is 4. The van der Waals surface area contributed by atoms with Crippen LogP contribution in [-0.4, -0.2) is 19.0 Å². The van der Waals surface area contributed by atoms with Gasteiger partial charge in [0.05, 0.1) is 7.05 Å². The Labute approximate surface area is 126 Å². The lowest BCUT2D eigenvalue weighted by Crippen LogP contribution is -2.20. The summed E-state index contributed by atoms with van der Waals surface area (Å²) >= 11 is 3.39. The molecule has 0 amide bonds. The molecule has 0 spiro atoms. The van der Waals surface area contributed by atoms with Crippen LogP contribution in [0, 0.1) is 10.1 Å². The topological polar surface area (TPSA) is 83.0 Å². The Balaban J connectivity index is 2.30. The molecule has 0 radical (unpaired) electrons. The first-order valence-electron chi connectivity index (χ1n) is 5.97. The molecular weight excluding hydrogens is 340 g/mol. The summed E-state index contributed by atoms with van der Waals surface area (Å²) in [6.07, 6.45) is 2.89. The first-order valence-corrected chi connectivity index (χ1v) is 6.76. The molecule has 1 aromatic carbocycles. The number of halogens is 1. The molecule has 0 aliphatic heterocycles. The summed E-state index contributed by atoms with van der Waals surface area (Å²) in [7, 11) is 1.50. The maximum absolute atomic E-state index is 12.5. The summed E-state index contributed by atoms with van der Waals surface area (Å²) in [6.45, 7) is 0. The number of benzene rings is 1. The minimum absolute atomic E-state index is 0.258. The number of nitrogens with zero attached hydrogens (tertiary/aromatic N) is 4. The summed E-state index contributed by atoms with van der Waals surface area (Å²) in [6, 6.07) is 7.11. The average molecular weight is 349 g/mol. The van der Waals surface area contributed by atoms with E-state index in [1.807, 2.05) is 6.07 Å². The number of pyridine rings is 1. The molecule has 8 heteroatoms. The van der Waals surface area contributed by atoms with Crippen molar-refractivity contribution < 1.29 is 4.92 Å². The van der Waals surface area contributed by atoms with Gasteiger partial charge in [-0.2, -0.15) is 0 Å². The summed E-state index contributed by atoms with van der Waals surface area (Å²) < 4.78 is 3.43. The quantitative estimate of drug-likeness (QED) is 0.525. The first kappa shape index (κ1) is 13.5. The molecule has 3 aromatic rings. The van der Waals surface area contributed by atoms with Gasteiger partial charge in [-0.3, -0.25) is 9.36 Å². The number of rotatable bonds is 2. The van der Waals surface area contributed by atoms with E-state index in [4.69, 9.17) is 0 Å². The van der Waals surface area contributed by atoms with E-state index in [0.29, 0.717) is 11.2 Å². The Morgan fingerprint density at radius 2 is 2.05 bits per heavy atom. The van der Waals surface area contributed by atoms with Gasteiger partial charge in [-0.25, -0.2) is 4.57 Å². The van der Waals surface area contributed by atoms with Crippen molar-refractivity contribution in [3.63, 3.8) is 0 Å². The van der Waals surface area contributed by atoms with Crippen molar-refractivity contribution in [1.82, 2.24) is 14.1 Å². The van der Waals surface area contributed by atoms with Gasteiger partial charge >= 0.3 is 5.95 Å². The number of nitro groups is 1. The van der Waals surface area contributed by atoms with Crippen LogP contribution in [0.1, 0.15) is 0 Å². The third-order valence-corrected chi connectivity index (χ3v) is 3.93. The highest BCUT2D eigenvalue weighted by Crippen LogP contribution is 2.22. The molecule has 0 N–H and O–H groups in total. The Morgan fingerprint density at radius 1 is 1.29 bits per heavy atom. The van der Waals surface area contributed by atoms with Crippen molar-refractivity contribution in [3.8, 4) is 5.82 Å². The summed E-state index contributed by atoms with van der Waals surface area (Å²) in [5.41, 5.74) is -0.258. The van der Waals surface area contributed by atoms with Gasteiger partial charge in [0.15, 0.2) is 6.20 Å². The van der Waals surface area contributed by atoms with Crippen molar-refractivity contribution >= 4 is 32.7 Å². The van der Waals surface area contributed by atoms with Crippen LogP contribution in [0.25, 0.3) is 16.6 Å². The molecule has 2 heterocycles. The summed E-state index contributed by atoms with van der Waals surface area (Å²) in [5.74, 6) is 0.0276. The largest absolute Gasteiger partial charge is 0.436 e. The van der Waals surface area contributed by atoms with Crippen LogP contribution in [0.3, 0.4) is 0 Å². The third-order valence-electron chi connectivity index (χ3n) is 3.24. The van der Waals surface area contributed by atoms with Gasteiger partial charge in [-0.05, 0) is 23.1 Å². The van der Waals surface area contributed by atoms with Crippen molar-refractivity contribution in [3.05, 3.63) is 61.6 Å². The summed E-state index contributed by atoms with van der Waals surface area (Å²) in [5, 5.41) is 12.1. The van der Waals surface area contributed by atoms with Crippen LogP contribution in [-0.2, 0) is 7.05 Å². The molecule has 106 valence electrons. The fourth-order valence-corrected chi connectivity index (χ4v) is 2.70. The van der Waals surface area contributed by atoms with Crippen molar-refractivity contribution in [2.45, 2.75) is 0 Å². The van der Waals surface area contributed by atoms with E-state index in [-0.39, 0.29) is 11.5 Å². The smallest absolute Gasteiger partial charge is 0.390 e. The van der Waals surface area contributed by atoms with Crippen LogP contribution in [0.2, 0.25) is 0 Å². The van der Waals surface area contributed by atoms with Crippen LogP contribution in [0.15, 0.2) is 45.9 Å². The van der Waals surface area contributed by atoms with Gasteiger partial charge < -0.3 is 10.1 Å². The average Bonchev–Trinajstić information content (AvgIpc) is 2.82. The fourth-order valence-electron chi connectivity index (χ4n) is 2.20. The second kappa shape index (κ2) is 4.81. The Hall–Kier alpha value is -2.48. The second-order valence-corrected chi connectivity index (χ2v) is 5.28. The predicted octanol–water partition coefficient (Wildman–Crippen LogP) is 2.39. The van der Waals surface area contributed by atoms with Gasteiger partial charge in [0.2, 0.25) is 5.82 Å². The van der Waals surface area contributed by atoms with E-state index in [1.54, 1.807) is 24.4 Å². The van der Waals surface area contributed by atoms with E-state index in [0.717, 1.165) is 9.86 Å². The first-order chi connectivity index (χ1) is 10.0. The van der Waals surface area contributed by atoms with Gasteiger partial charge in [0.1, 0.15) is 0 Å². The highest BCUT2D eigenvalue weighted by atomic mass is 79.9. The second-order valence-electron chi connectivity index (χ2n) is 4.42. The number of imidazole rings is 1. The van der Waals surface area contributed by atoms with E-state index in [9.17, 15) is 14.9 Å². The lowest BCUT2D eigenvalue weighted by atomic mass is 10.2. The highest BCUT2D eigenvalue weighted by molar-refractivity contribution is 9.10. The molecule has 0 aliphatic carbocycles. The minimum atomic E-state index is -0.591. The zero-order valence-electron chi connectivity index (χ0n) is 10.9. The number of hydrogen-bond donors (Lipinski definition) is 0. The molecule has 3 rings (SSSR count). The molecule has 0 fully saturated rings. The zero-order chi connectivity index (χ0) is 15.1. The molecule has 0 saturated carbocycles. The maximum atomic E-state index is 12.5. The van der Waals surface area contributed by atoms with Crippen molar-refractivity contribution in [2.24, 2.45) is 7.05 Å². The lowest BCUT2D eigenvalue weighted by Gasteiger charge is -2.06. The summed E-state index contributed by atoms with van der Waals surface area (Å²) in [4.78, 5) is 26.5. The molecule has 0 atom stereocenters. The SMILES string of the molecule is Cn1c(-n2ccc3c(Br)cccc3c2=O)cnc1[N+](=O)[O-]. The Morgan fingerprint density at radius 3 is 2.71 bits per heavy atom. The maximum Gasteiger partial charge on any atom is 0.436 e. The Kier molecular flexibility index (Phi) is 3.09. The van der Waals surface area contributed by atoms with Gasteiger partial charge in [0, 0.05) is 21.4 Å². The monoisotopic (exact) mass is 348 g/mol. The predicted molar refractivity (Wildman–Crippen MR) is 80.7 cm³/mol. The van der Waals surface area contributed by atoms with Gasteiger partial charge in [0.25, 0.3) is 5.56 Å². The van der Waals surface area contributed by atoms with Crippen molar-refractivity contribution in [2.75, 3.05) is 0 Å². The molecule has 7 nitrogen and oxygen atoms in total. The molecule has 0 saturated heterocycles. The standard InChI is InChI=1S/C13H9BrN4O3/c1-16-11(7-15-13(16)18(20)21)17-6-5-8-9(12(17)19)3-2-4-10(8)14/h2-7H,1H3. The normalized spacial score (nSPS) is 11.0. The molecule has 2 aromatic heterocycles. The molecule has 21 heavy (non-hydrogen) atoms. The zero-order valence-corrected chi connectivity index (χ0v) is 12.4. The fraction of sp³-hybridized carbons (Fsp3) is 0.0769. The van der Waals surface area contributed by atoms with Crippen LogP contribution in [0.5, 0.6) is 0 Å². The van der Waals surface area contributed by atoms with E-state index in [2.05, 4.69) is 20.9 Å². The lowest BCUT2D eigenvalue weighted by molar-refractivity contribution is -0.396. The van der Waals surface area contributed by atoms with E-state index in [1.165, 1.54) is 22.4 Å². The highest BCUT2D eigenvalue weighted by Gasteiger charge is 2.19. The third kappa shape index (κ3) is 2.04. The molecule has 0 bridgehead atoms. The van der Waals surface area contributed by atoms with Crippen LogP contribution >= 0.6 is 15.9 Å².